The molecule has 0 aromatic carbocycles. The minimum Gasteiger partial charge on any atom is -0.352 e. The van der Waals surface area contributed by atoms with Gasteiger partial charge < -0.3 is 11.1 Å². The lowest BCUT2D eigenvalue weighted by Crippen LogP contribution is -2.51. The summed E-state index contributed by atoms with van der Waals surface area (Å²) in [5.74, 6) is -0.0160. The molecule has 0 unspecified atom stereocenters. The lowest BCUT2D eigenvalue weighted by atomic mass is 9.98. The molecule has 0 bridgehead atoms. The average molecular weight is 294 g/mol. The van der Waals surface area contributed by atoms with Gasteiger partial charge in [-0.1, -0.05) is 5.21 Å². The number of hydrogen-bond acceptors (Lipinski definition) is 5. The van der Waals surface area contributed by atoms with E-state index < -0.39 is 0 Å². The second kappa shape index (κ2) is 6.53. The Bertz CT molecular complexity index is 470. The van der Waals surface area contributed by atoms with Gasteiger partial charge in [0.2, 0.25) is 5.91 Å². The minimum absolute atomic E-state index is 0.0160. The number of nitrogens with zero attached hydrogens (tertiary/aromatic N) is 4. The summed E-state index contributed by atoms with van der Waals surface area (Å²) in [5, 5.41) is 10.8. The van der Waals surface area contributed by atoms with Crippen molar-refractivity contribution in [3.8, 4) is 0 Å². The van der Waals surface area contributed by atoms with Crippen LogP contribution in [0.3, 0.4) is 0 Å². The molecule has 0 radical (unpaired) electrons. The minimum atomic E-state index is -0.0160. The van der Waals surface area contributed by atoms with Crippen molar-refractivity contribution < 1.29 is 4.79 Å². The van der Waals surface area contributed by atoms with Gasteiger partial charge in [0.1, 0.15) is 6.54 Å². The van der Waals surface area contributed by atoms with Gasteiger partial charge >= 0.3 is 0 Å². The number of carbonyl (C=O) groups excluding carboxylic acids is 1. The standard InChI is InChI=1S/C14H26N6O/c1-14(2,3)19-6-4-11(5-7-19)16-13(21)10-20-9-12(8-15)17-18-20/h9,11H,4-8,10,15H2,1-3H3,(H,16,21). The maximum Gasteiger partial charge on any atom is 0.242 e. The highest BCUT2D eigenvalue weighted by Gasteiger charge is 2.27. The lowest BCUT2D eigenvalue weighted by molar-refractivity contribution is -0.123. The Labute approximate surface area is 125 Å². The molecule has 7 nitrogen and oxygen atoms in total. The Hall–Kier alpha value is -1.47. The summed E-state index contributed by atoms with van der Waals surface area (Å²) in [6, 6.07) is 0.258. The summed E-state index contributed by atoms with van der Waals surface area (Å²) >= 11 is 0. The molecule has 21 heavy (non-hydrogen) atoms. The van der Waals surface area contributed by atoms with Crippen LogP contribution in [0.4, 0.5) is 0 Å². The van der Waals surface area contributed by atoms with Gasteiger partial charge in [0, 0.05) is 31.2 Å². The molecule has 118 valence electrons. The maximum atomic E-state index is 12.0. The molecular formula is C14H26N6O. The number of nitrogens with one attached hydrogen (secondary N) is 1. The molecule has 2 rings (SSSR count). The second-order valence-electron chi connectivity index (χ2n) is 6.61. The normalized spacial score (nSPS) is 17.9. The van der Waals surface area contributed by atoms with Crippen molar-refractivity contribution >= 4 is 5.91 Å². The third kappa shape index (κ3) is 4.50. The lowest BCUT2D eigenvalue weighted by Gasteiger charge is -2.41. The van der Waals surface area contributed by atoms with Crippen LogP contribution in [0.15, 0.2) is 6.20 Å². The SMILES string of the molecule is CC(C)(C)N1CCC(NC(=O)Cn2cc(CN)nn2)CC1. The number of amides is 1. The number of likely N-dealkylation sites (tertiary alicyclic amines) is 1. The average Bonchev–Trinajstić information content (AvgIpc) is 2.85. The molecule has 0 saturated carbocycles. The molecule has 1 aromatic heterocycles. The predicted octanol–water partition coefficient (Wildman–Crippen LogP) is 0.116. The van der Waals surface area contributed by atoms with Crippen LogP contribution in [0.1, 0.15) is 39.3 Å². The van der Waals surface area contributed by atoms with Crippen LogP contribution in [0.25, 0.3) is 0 Å². The van der Waals surface area contributed by atoms with Gasteiger partial charge in [-0.25, -0.2) is 4.68 Å². The van der Waals surface area contributed by atoms with E-state index in [1.807, 2.05) is 0 Å². The first-order valence-corrected chi connectivity index (χ1v) is 7.52. The zero-order chi connectivity index (χ0) is 15.5. The van der Waals surface area contributed by atoms with Crippen molar-refractivity contribution in [1.29, 1.82) is 0 Å². The van der Waals surface area contributed by atoms with Crippen LogP contribution in [-0.4, -0.2) is 50.5 Å². The number of nitrogens with two attached hydrogens (primary N) is 1. The van der Waals surface area contributed by atoms with Crippen molar-refractivity contribution in [2.24, 2.45) is 5.73 Å². The largest absolute Gasteiger partial charge is 0.352 e. The third-order valence-electron chi connectivity index (χ3n) is 3.91. The first-order chi connectivity index (χ1) is 9.88. The maximum absolute atomic E-state index is 12.0. The van der Waals surface area contributed by atoms with E-state index in [4.69, 9.17) is 5.73 Å². The quantitative estimate of drug-likeness (QED) is 0.823. The van der Waals surface area contributed by atoms with Crippen LogP contribution >= 0.6 is 0 Å². The molecule has 1 aliphatic heterocycles. The Morgan fingerprint density at radius 3 is 2.62 bits per heavy atom. The molecule has 0 spiro atoms. The van der Waals surface area contributed by atoms with Crippen molar-refractivity contribution in [2.45, 2.75) is 58.3 Å². The summed E-state index contributed by atoms with van der Waals surface area (Å²) in [6.07, 6.45) is 3.70. The van der Waals surface area contributed by atoms with Crippen molar-refractivity contribution in [2.75, 3.05) is 13.1 Å². The van der Waals surface area contributed by atoms with E-state index in [1.165, 1.54) is 4.68 Å². The number of carbonyl (C=O) groups is 1. The molecular weight excluding hydrogens is 268 g/mol. The van der Waals surface area contributed by atoms with Gasteiger partial charge in [-0.3, -0.25) is 9.69 Å². The molecule has 3 N–H and O–H groups in total. The molecule has 1 amide bonds. The fraction of sp³-hybridized carbons (Fsp3) is 0.786. The summed E-state index contributed by atoms with van der Waals surface area (Å²) in [4.78, 5) is 14.5. The van der Waals surface area contributed by atoms with Gasteiger partial charge in [0.25, 0.3) is 0 Å². The van der Waals surface area contributed by atoms with Crippen LogP contribution in [0, 0.1) is 0 Å². The van der Waals surface area contributed by atoms with E-state index in [9.17, 15) is 4.79 Å². The number of aromatic nitrogens is 3. The molecule has 2 heterocycles. The topological polar surface area (TPSA) is 89.1 Å². The molecule has 1 saturated heterocycles. The van der Waals surface area contributed by atoms with Gasteiger partial charge in [-0.05, 0) is 33.6 Å². The fourth-order valence-corrected chi connectivity index (χ4v) is 2.62. The Morgan fingerprint density at radius 1 is 1.43 bits per heavy atom. The first kappa shape index (κ1) is 15.9. The molecule has 1 fully saturated rings. The van der Waals surface area contributed by atoms with E-state index >= 15 is 0 Å². The van der Waals surface area contributed by atoms with E-state index in [0.29, 0.717) is 12.2 Å². The van der Waals surface area contributed by atoms with Gasteiger partial charge in [-0.2, -0.15) is 0 Å². The molecule has 7 heteroatoms. The number of rotatable bonds is 4. The molecule has 1 aliphatic rings. The first-order valence-electron chi connectivity index (χ1n) is 7.52. The van der Waals surface area contributed by atoms with Crippen LogP contribution in [0.2, 0.25) is 0 Å². The highest BCUT2D eigenvalue weighted by molar-refractivity contribution is 5.75. The van der Waals surface area contributed by atoms with Crippen molar-refractivity contribution in [3.63, 3.8) is 0 Å². The molecule has 1 aromatic rings. The van der Waals surface area contributed by atoms with Gasteiger partial charge in [0.15, 0.2) is 0 Å². The zero-order valence-corrected chi connectivity index (χ0v) is 13.2. The highest BCUT2D eigenvalue weighted by Crippen LogP contribution is 2.19. The summed E-state index contributed by atoms with van der Waals surface area (Å²) in [5.41, 5.74) is 6.37. The Balaban J connectivity index is 1.76. The van der Waals surface area contributed by atoms with Crippen molar-refractivity contribution in [1.82, 2.24) is 25.2 Å². The molecule has 0 aliphatic carbocycles. The number of hydrogen-bond donors (Lipinski definition) is 2. The van der Waals surface area contributed by atoms with Crippen LogP contribution < -0.4 is 11.1 Å². The summed E-state index contributed by atoms with van der Waals surface area (Å²) < 4.78 is 1.53. The fourth-order valence-electron chi connectivity index (χ4n) is 2.62. The number of piperidine rings is 1. The smallest absolute Gasteiger partial charge is 0.242 e. The molecule has 0 atom stereocenters. The highest BCUT2D eigenvalue weighted by atomic mass is 16.2. The van der Waals surface area contributed by atoms with Crippen LogP contribution in [-0.2, 0) is 17.9 Å². The zero-order valence-electron chi connectivity index (χ0n) is 13.2. The van der Waals surface area contributed by atoms with E-state index in [0.717, 1.165) is 25.9 Å². The van der Waals surface area contributed by atoms with E-state index in [-0.39, 0.29) is 24.0 Å². The van der Waals surface area contributed by atoms with Gasteiger partial charge in [0.05, 0.1) is 11.9 Å². The Kier molecular flexibility index (Phi) is 4.95. The van der Waals surface area contributed by atoms with Crippen molar-refractivity contribution in [3.05, 3.63) is 11.9 Å². The summed E-state index contributed by atoms with van der Waals surface area (Å²) in [6.45, 7) is 9.27. The predicted molar refractivity (Wildman–Crippen MR) is 80.4 cm³/mol. The van der Waals surface area contributed by atoms with E-state index in [2.05, 4.69) is 41.3 Å². The third-order valence-corrected chi connectivity index (χ3v) is 3.91. The monoisotopic (exact) mass is 294 g/mol. The van der Waals surface area contributed by atoms with Crippen LogP contribution in [0.5, 0.6) is 0 Å². The Morgan fingerprint density at radius 2 is 2.10 bits per heavy atom. The van der Waals surface area contributed by atoms with E-state index in [1.54, 1.807) is 6.20 Å². The summed E-state index contributed by atoms with van der Waals surface area (Å²) in [7, 11) is 0. The van der Waals surface area contributed by atoms with Gasteiger partial charge in [-0.15, -0.1) is 5.10 Å². The second-order valence-corrected chi connectivity index (χ2v) is 6.61.